The Morgan fingerprint density at radius 1 is 1.17 bits per heavy atom. The van der Waals surface area contributed by atoms with Gasteiger partial charge in [0.1, 0.15) is 6.10 Å². The maximum Gasteiger partial charge on any atom is 0.164 e. The van der Waals surface area contributed by atoms with E-state index in [1.54, 1.807) is 0 Å². The van der Waals surface area contributed by atoms with Gasteiger partial charge in [-0.2, -0.15) is 0 Å². The first-order valence-corrected chi connectivity index (χ1v) is 7.23. The van der Waals surface area contributed by atoms with Crippen molar-refractivity contribution in [1.29, 1.82) is 0 Å². The lowest BCUT2D eigenvalue weighted by molar-refractivity contribution is -0.138. The van der Waals surface area contributed by atoms with Gasteiger partial charge in [0.25, 0.3) is 0 Å². The molecule has 0 spiro atoms. The van der Waals surface area contributed by atoms with Crippen LogP contribution in [0.5, 0.6) is 0 Å². The highest BCUT2D eigenvalue weighted by atomic mass is 16.3. The fourth-order valence-corrected chi connectivity index (χ4v) is 2.77. The van der Waals surface area contributed by atoms with Crippen molar-refractivity contribution in [2.75, 3.05) is 0 Å². The van der Waals surface area contributed by atoms with Crippen LogP contribution in [-0.4, -0.2) is 17.0 Å². The second kappa shape index (κ2) is 6.70. The maximum absolute atomic E-state index is 12.2. The predicted molar refractivity (Wildman–Crippen MR) is 77.6 cm³/mol. The smallest absolute Gasteiger partial charge is 0.164 e. The van der Waals surface area contributed by atoms with Crippen LogP contribution in [0.4, 0.5) is 0 Å². The molecule has 0 rings (SSSR count). The summed E-state index contributed by atoms with van der Waals surface area (Å²) in [6, 6.07) is 0. The van der Waals surface area contributed by atoms with Gasteiger partial charge in [0.2, 0.25) is 0 Å². The fraction of sp³-hybridized carbons (Fsp3) is 0.938. The third-order valence-electron chi connectivity index (χ3n) is 3.47. The molecule has 0 aliphatic heterocycles. The normalized spacial score (nSPS) is 16.4. The molecule has 0 aromatic carbocycles. The molecule has 0 aromatic heterocycles. The van der Waals surface area contributed by atoms with Crippen LogP contribution in [0.2, 0.25) is 0 Å². The molecule has 0 radical (unpaired) electrons. The predicted octanol–water partition coefficient (Wildman–Crippen LogP) is 4.21. The number of aliphatic hydroxyl groups excluding tert-OH is 1. The number of Topliss-reactive ketones (excluding diaryl/α,β-unsaturated/α-hetero) is 1. The van der Waals surface area contributed by atoms with Crippen molar-refractivity contribution in [1.82, 2.24) is 0 Å². The van der Waals surface area contributed by atoms with Crippen LogP contribution in [0.1, 0.15) is 74.1 Å². The van der Waals surface area contributed by atoms with Gasteiger partial charge in [0, 0.05) is 5.92 Å². The Hall–Kier alpha value is -0.370. The summed E-state index contributed by atoms with van der Waals surface area (Å²) in [6.07, 6.45) is 3.03. The molecule has 0 saturated carbocycles. The molecule has 2 unspecified atom stereocenters. The molecule has 0 saturated heterocycles. The standard InChI is InChI=1S/C16H32O2/c1-8-9-10-12(2)13(17)14(18)16(6,7)11-15(3,4)5/h12,14,18H,8-11H2,1-7H3. The summed E-state index contributed by atoms with van der Waals surface area (Å²) in [6.45, 7) is 14.5. The first kappa shape index (κ1) is 17.6. The number of aliphatic hydroxyl groups is 1. The van der Waals surface area contributed by atoms with Crippen molar-refractivity contribution in [3.63, 3.8) is 0 Å². The van der Waals surface area contributed by atoms with Crippen molar-refractivity contribution in [2.24, 2.45) is 16.7 Å². The van der Waals surface area contributed by atoms with E-state index in [4.69, 9.17) is 0 Å². The zero-order valence-corrected chi connectivity index (χ0v) is 13.3. The number of hydrogen-bond acceptors (Lipinski definition) is 2. The molecule has 2 heteroatoms. The molecular formula is C16H32O2. The number of carbonyl (C=O) groups is 1. The number of carbonyl (C=O) groups excluding carboxylic acids is 1. The van der Waals surface area contributed by atoms with Crippen LogP contribution < -0.4 is 0 Å². The van der Waals surface area contributed by atoms with E-state index in [2.05, 4.69) is 27.7 Å². The van der Waals surface area contributed by atoms with Crippen molar-refractivity contribution < 1.29 is 9.90 Å². The Bertz CT molecular complexity index is 261. The highest BCUT2D eigenvalue weighted by Gasteiger charge is 2.37. The maximum atomic E-state index is 12.2. The van der Waals surface area contributed by atoms with E-state index < -0.39 is 6.10 Å². The molecule has 0 bridgehead atoms. The van der Waals surface area contributed by atoms with Crippen LogP contribution >= 0.6 is 0 Å². The summed E-state index contributed by atoms with van der Waals surface area (Å²) >= 11 is 0. The first-order valence-electron chi connectivity index (χ1n) is 7.23. The molecule has 0 fully saturated rings. The molecule has 1 N–H and O–H groups in total. The molecule has 0 heterocycles. The summed E-state index contributed by atoms with van der Waals surface area (Å²) in [5, 5.41) is 10.3. The lowest BCUT2D eigenvalue weighted by Crippen LogP contribution is -2.41. The summed E-state index contributed by atoms with van der Waals surface area (Å²) in [7, 11) is 0. The second-order valence-corrected chi connectivity index (χ2v) is 7.57. The Morgan fingerprint density at radius 2 is 1.67 bits per heavy atom. The monoisotopic (exact) mass is 256 g/mol. The van der Waals surface area contributed by atoms with Crippen molar-refractivity contribution in [2.45, 2.75) is 80.3 Å². The minimum absolute atomic E-state index is 0.0118. The van der Waals surface area contributed by atoms with Gasteiger partial charge >= 0.3 is 0 Å². The summed E-state index contributed by atoms with van der Waals surface area (Å²) in [4.78, 5) is 12.2. The average molecular weight is 256 g/mol. The number of unbranched alkanes of at least 4 members (excludes halogenated alkanes) is 1. The van der Waals surface area contributed by atoms with E-state index in [9.17, 15) is 9.90 Å². The Labute approximate surface area is 113 Å². The highest BCUT2D eigenvalue weighted by Crippen LogP contribution is 2.37. The van der Waals surface area contributed by atoms with Crippen molar-refractivity contribution >= 4 is 5.78 Å². The molecule has 2 nitrogen and oxygen atoms in total. The Kier molecular flexibility index (Phi) is 6.56. The lowest BCUT2D eigenvalue weighted by Gasteiger charge is -2.36. The van der Waals surface area contributed by atoms with Gasteiger partial charge in [0.15, 0.2) is 5.78 Å². The molecule has 18 heavy (non-hydrogen) atoms. The van der Waals surface area contributed by atoms with E-state index >= 15 is 0 Å². The van der Waals surface area contributed by atoms with Crippen LogP contribution in [0.25, 0.3) is 0 Å². The third kappa shape index (κ3) is 5.99. The molecular weight excluding hydrogens is 224 g/mol. The van der Waals surface area contributed by atoms with Gasteiger partial charge in [-0.3, -0.25) is 4.79 Å². The zero-order chi connectivity index (χ0) is 14.6. The van der Waals surface area contributed by atoms with Crippen LogP contribution in [0.3, 0.4) is 0 Å². The van der Waals surface area contributed by atoms with E-state index in [-0.39, 0.29) is 22.5 Å². The van der Waals surface area contributed by atoms with E-state index in [1.807, 2.05) is 20.8 Å². The number of ketones is 1. The highest BCUT2D eigenvalue weighted by molar-refractivity contribution is 5.85. The van der Waals surface area contributed by atoms with Crippen molar-refractivity contribution in [3.8, 4) is 0 Å². The van der Waals surface area contributed by atoms with Crippen LogP contribution in [0.15, 0.2) is 0 Å². The van der Waals surface area contributed by atoms with Gasteiger partial charge in [-0.25, -0.2) is 0 Å². The van der Waals surface area contributed by atoms with E-state index in [0.717, 1.165) is 25.7 Å². The minimum atomic E-state index is -0.844. The number of hydrogen-bond donors (Lipinski definition) is 1. The Morgan fingerprint density at radius 3 is 2.06 bits per heavy atom. The van der Waals surface area contributed by atoms with Crippen molar-refractivity contribution in [3.05, 3.63) is 0 Å². The quantitative estimate of drug-likeness (QED) is 0.741. The lowest BCUT2D eigenvalue weighted by atomic mass is 9.70. The van der Waals surface area contributed by atoms with Gasteiger partial charge in [0.05, 0.1) is 0 Å². The summed E-state index contributed by atoms with van der Waals surface area (Å²) < 4.78 is 0. The molecule has 2 atom stereocenters. The molecule has 0 amide bonds. The number of rotatable bonds is 7. The Balaban J connectivity index is 4.61. The summed E-state index contributed by atoms with van der Waals surface area (Å²) in [5.41, 5.74) is -0.229. The van der Waals surface area contributed by atoms with Gasteiger partial charge < -0.3 is 5.11 Å². The van der Waals surface area contributed by atoms with Gasteiger partial charge in [-0.15, -0.1) is 0 Å². The molecule has 0 aromatic rings. The van der Waals surface area contributed by atoms with Gasteiger partial charge in [-0.05, 0) is 23.7 Å². The SMILES string of the molecule is CCCCC(C)C(=O)C(O)C(C)(C)CC(C)(C)C. The van der Waals surface area contributed by atoms with E-state index in [1.165, 1.54) is 0 Å². The average Bonchev–Trinajstić information content (AvgIpc) is 2.20. The minimum Gasteiger partial charge on any atom is -0.385 e. The van der Waals surface area contributed by atoms with Crippen LogP contribution in [0, 0.1) is 16.7 Å². The second-order valence-electron chi connectivity index (χ2n) is 7.57. The molecule has 108 valence electrons. The zero-order valence-electron chi connectivity index (χ0n) is 13.3. The fourth-order valence-electron chi connectivity index (χ4n) is 2.77. The topological polar surface area (TPSA) is 37.3 Å². The van der Waals surface area contributed by atoms with E-state index in [0.29, 0.717) is 0 Å². The van der Waals surface area contributed by atoms with Gasteiger partial charge in [-0.1, -0.05) is 61.3 Å². The largest absolute Gasteiger partial charge is 0.385 e. The molecule has 0 aliphatic rings. The first-order chi connectivity index (χ1) is 8.01. The van der Waals surface area contributed by atoms with Crippen LogP contribution in [-0.2, 0) is 4.79 Å². The summed E-state index contributed by atoms with van der Waals surface area (Å²) in [5.74, 6) is -0.0168. The molecule has 0 aliphatic carbocycles. The third-order valence-corrected chi connectivity index (χ3v) is 3.47.